The van der Waals surface area contributed by atoms with Gasteiger partial charge in [0.25, 0.3) is 5.91 Å². The molecule has 5 rings (SSSR count). The fourth-order valence-corrected chi connectivity index (χ4v) is 4.36. The number of nitrogens with one attached hydrogen (secondary N) is 2. The fraction of sp³-hybridized carbons (Fsp3) is 0.273. The normalized spacial score (nSPS) is 23.3. The molecule has 0 bridgehead atoms. The minimum Gasteiger partial charge on any atom is -0.497 e. The van der Waals surface area contributed by atoms with E-state index >= 15 is 0 Å². The number of fused-ring (bicyclic) bond motifs is 2. The number of rotatable bonds is 3. The summed E-state index contributed by atoms with van der Waals surface area (Å²) in [5, 5.41) is 6.47. The van der Waals surface area contributed by atoms with Gasteiger partial charge in [0.2, 0.25) is 0 Å². The molecular formula is C22H22N4O3. The lowest BCUT2D eigenvalue weighted by atomic mass is 9.98. The molecule has 3 amide bonds. The van der Waals surface area contributed by atoms with Crippen molar-refractivity contribution in [1.29, 1.82) is 0 Å². The average molecular weight is 390 g/mol. The molecule has 1 saturated heterocycles. The second-order valence-corrected chi connectivity index (χ2v) is 7.39. The van der Waals surface area contributed by atoms with Gasteiger partial charge in [0.1, 0.15) is 17.7 Å². The van der Waals surface area contributed by atoms with Crippen molar-refractivity contribution in [2.45, 2.75) is 25.0 Å². The monoisotopic (exact) mass is 390 g/mol. The summed E-state index contributed by atoms with van der Waals surface area (Å²) >= 11 is 0. The Hall–Kier alpha value is -3.48. The third-order valence-corrected chi connectivity index (χ3v) is 5.77. The van der Waals surface area contributed by atoms with Gasteiger partial charge in [-0.2, -0.15) is 0 Å². The zero-order chi connectivity index (χ0) is 20.0. The maximum Gasteiger partial charge on any atom is 0.330 e. The predicted octanol–water partition coefficient (Wildman–Crippen LogP) is 2.73. The number of para-hydroxylation sites is 1. The molecule has 2 atom stereocenters. The first-order valence-corrected chi connectivity index (χ1v) is 9.78. The van der Waals surface area contributed by atoms with E-state index in [0.717, 1.165) is 29.8 Å². The molecule has 0 saturated carbocycles. The van der Waals surface area contributed by atoms with E-state index in [4.69, 9.17) is 4.74 Å². The molecule has 7 nitrogen and oxygen atoms in total. The Morgan fingerprint density at radius 1 is 1.00 bits per heavy atom. The highest BCUT2D eigenvalue weighted by Gasteiger charge is 2.47. The molecule has 3 aliphatic heterocycles. The Morgan fingerprint density at radius 3 is 2.48 bits per heavy atom. The fourth-order valence-electron chi connectivity index (χ4n) is 4.36. The summed E-state index contributed by atoms with van der Waals surface area (Å²) in [6.07, 6.45) is 1.26. The smallest absolute Gasteiger partial charge is 0.330 e. The first kappa shape index (κ1) is 17.6. The van der Waals surface area contributed by atoms with Crippen LogP contribution >= 0.6 is 0 Å². The number of amides is 3. The number of nitrogens with zero attached hydrogens (tertiary/aromatic N) is 2. The number of carbonyl (C=O) groups excluding carboxylic acids is 2. The van der Waals surface area contributed by atoms with Gasteiger partial charge in [-0.25, -0.2) is 9.69 Å². The second-order valence-electron chi connectivity index (χ2n) is 7.39. The van der Waals surface area contributed by atoms with Gasteiger partial charge in [-0.3, -0.25) is 4.79 Å². The lowest BCUT2D eigenvalue weighted by Gasteiger charge is -2.44. The molecule has 3 heterocycles. The first-order valence-electron chi connectivity index (χ1n) is 9.78. The summed E-state index contributed by atoms with van der Waals surface area (Å²) in [7, 11) is 1.62. The van der Waals surface area contributed by atoms with Crippen LogP contribution in [0.25, 0.3) is 0 Å². The van der Waals surface area contributed by atoms with Crippen LogP contribution in [0.3, 0.4) is 0 Å². The maximum absolute atomic E-state index is 13.3. The van der Waals surface area contributed by atoms with Crippen molar-refractivity contribution in [2.24, 2.45) is 0 Å². The zero-order valence-corrected chi connectivity index (χ0v) is 16.1. The van der Waals surface area contributed by atoms with E-state index in [-0.39, 0.29) is 18.0 Å². The average Bonchev–Trinajstić information content (AvgIpc) is 3.24. The Kier molecular flexibility index (Phi) is 4.16. The van der Waals surface area contributed by atoms with Crippen molar-refractivity contribution in [2.75, 3.05) is 18.6 Å². The van der Waals surface area contributed by atoms with Crippen molar-refractivity contribution < 1.29 is 14.3 Å². The summed E-state index contributed by atoms with van der Waals surface area (Å²) in [5.41, 5.74) is 2.27. The molecule has 0 aliphatic carbocycles. The zero-order valence-electron chi connectivity index (χ0n) is 16.1. The van der Waals surface area contributed by atoms with Crippen LogP contribution in [-0.4, -0.2) is 36.5 Å². The molecule has 0 radical (unpaired) electrons. The summed E-state index contributed by atoms with van der Waals surface area (Å²) in [5.74, 6) is 1.19. The van der Waals surface area contributed by atoms with E-state index < -0.39 is 6.17 Å². The first-order chi connectivity index (χ1) is 14.2. The van der Waals surface area contributed by atoms with Crippen molar-refractivity contribution >= 4 is 17.6 Å². The van der Waals surface area contributed by atoms with Crippen molar-refractivity contribution in [3.63, 3.8) is 0 Å². The van der Waals surface area contributed by atoms with Crippen LogP contribution < -0.4 is 20.3 Å². The SMILES string of the molecule is COc1ccc(C2NC(=O)C3=C(N2)N(c2ccccc2)C(=O)N2CCCC32)cc1. The Balaban J connectivity index is 1.58. The minimum absolute atomic E-state index is 0.0897. The molecule has 3 aliphatic rings. The molecule has 1 fully saturated rings. The van der Waals surface area contributed by atoms with Gasteiger partial charge in [-0.15, -0.1) is 0 Å². The number of ether oxygens (including phenoxy) is 1. The number of methoxy groups -OCH3 is 1. The van der Waals surface area contributed by atoms with Gasteiger partial charge in [-0.1, -0.05) is 30.3 Å². The van der Waals surface area contributed by atoms with Crippen LogP contribution in [0, 0.1) is 0 Å². The van der Waals surface area contributed by atoms with Gasteiger partial charge in [0.05, 0.1) is 24.4 Å². The van der Waals surface area contributed by atoms with E-state index in [9.17, 15) is 9.59 Å². The third kappa shape index (κ3) is 2.81. The van der Waals surface area contributed by atoms with E-state index in [1.54, 1.807) is 16.9 Å². The second kappa shape index (κ2) is 6.84. The van der Waals surface area contributed by atoms with Crippen molar-refractivity contribution in [3.8, 4) is 5.75 Å². The number of urea groups is 1. The molecule has 2 aromatic carbocycles. The van der Waals surface area contributed by atoms with Crippen LogP contribution in [0.1, 0.15) is 24.6 Å². The number of carbonyl (C=O) groups is 2. The highest BCUT2D eigenvalue weighted by Crippen LogP contribution is 2.37. The van der Waals surface area contributed by atoms with Crippen molar-refractivity contribution in [1.82, 2.24) is 15.5 Å². The Labute approximate surface area is 168 Å². The van der Waals surface area contributed by atoms with Crippen LogP contribution in [0.4, 0.5) is 10.5 Å². The van der Waals surface area contributed by atoms with Gasteiger partial charge >= 0.3 is 6.03 Å². The van der Waals surface area contributed by atoms with E-state index in [1.807, 2.05) is 54.6 Å². The van der Waals surface area contributed by atoms with Gasteiger partial charge in [-0.05, 0) is 42.7 Å². The van der Waals surface area contributed by atoms with Gasteiger partial charge < -0.3 is 20.3 Å². The van der Waals surface area contributed by atoms with Gasteiger partial charge in [0.15, 0.2) is 0 Å². The predicted molar refractivity (Wildman–Crippen MR) is 108 cm³/mol. The van der Waals surface area contributed by atoms with E-state index in [0.29, 0.717) is 17.9 Å². The molecule has 29 heavy (non-hydrogen) atoms. The van der Waals surface area contributed by atoms with Crippen LogP contribution in [0.5, 0.6) is 5.75 Å². The lowest BCUT2D eigenvalue weighted by molar-refractivity contribution is -0.119. The topological polar surface area (TPSA) is 73.9 Å². The largest absolute Gasteiger partial charge is 0.497 e. The summed E-state index contributed by atoms with van der Waals surface area (Å²) < 4.78 is 5.22. The molecule has 2 N–H and O–H groups in total. The summed E-state index contributed by atoms with van der Waals surface area (Å²) in [4.78, 5) is 29.9. The standard InChI is InChI=1S/C22H22N4O3/c1-29-16-11-9-14(10-12-16)19-23-20-18(21(27)24-19)17-8-5-13-25(17)22(28)26(20)15-6-3-2-4-7-15/h2-4,6-7,9-12,17,19,23H,5,8,13H2,1H3,(H,24,27). The summed E-state index contributed by atoms with van der Waals surface area (Å²) in [6.45, 7) is 0.665. The molecule has 0 spiro atoms. The minimum atomic E-state index is -0.431. The Bertz CT molecular complexity index is 987. The molecule has 2 unspecified atom stereocenters. The van der Waals surface area contributed by atoms with Crippen LogP contribution in [0.15, 0.2) is 66.0 Å². The van der Waals surface area contributed by atoms with Crippen LogP contribution in [-0.2, 0) is 4.79 Å². The van der Waals surface area contributed by atoms with E-state index in [2.05, 4.69) is 10.6 Å². The molecular weight excluding hydrogens is 368 g/mol. The number of anilines is 1. The quantitative estimate of drug-likeness (QED) is 0.845. The molecule has 7 heteroatoms. The third-order valence-electron chi connectivity index (χ3n) is 5.77. The highest BCUT2D eigenvalue weighted by atomic mass is 16.5. The Morgan fingerprint density at radius 2 is 1.76 bits per heavy atom. The molecule has 148 valence electrons. The summed E-state index contributed by atoms with van der Waals surface area (Å²) in [6, 6.07) is 16.7. The maximum atomic E-state index is 13.3. The van der Waals surface area contributed by atoms with Crippen molar-refractivity contribution in [3.05, 3.63) is 71.6 Å². The van der Waals surface area contributed by atoms with Gasteiger partial charge in [0, 0.05) is 6.54 Å². The van der Waals surface area contributed by atoms with E-state index in [1.165, 1.54) is 0 Å². The molecule has 2 aromatic rings. The lowest BCUT2D eigenvalue weighted by Crippen LogP contribution is -2.60. The molecule has 0 aromatic heterocycles. The number of benzene rings is 2. The number of hydrogen-bond donors (Lipinski definition) is 2. The van der Waals surface area contributed by atoms with Crippen LogP contribution in [0.2, 0.25) is 0 Å². The number of hydrogen-bond acceptors (Lipinski definition) is 4. The highest BCUT2D eigenvalue weighted by molar-refractivity contribution is 6.05.